The van der Waals surface area contributed by atoms with Crippen LogP contribution < -0.4 is 10.0 Å². The molecule has 0 saturated heterocycles. The van der Waals surface area contributed by atoms with Crippen molar-refractivity contribution in [3.63, 3.8) is 0 Å². The molecular formula is C24H20FN5O3S. The Morgan fingerprint density at radius 1 is 0.971 bits per heavy atom. The lowest BCUT2D eigenvalue weighted by Gasteiger charge is -2.10. The first-order chi connectivity index (χ1) is 16.4. The van der Waals surface area contributed by atoms with E-state index in [9.17, 15) is 17.6 Å². The smallest absolute Gasteiger partial charge is 0.261 e. The van der Waals surface area contributed by atoms with Crippen molar-refractivity contribution in [2.75, 3.05) is 10.0 Å². The van der Waals surface area contributed by atoms with Gasteiger partial charge in [0.1, 0.15) is 11.6 Å². The van der Waals surface area contributed by atoms with Gasteiger partial charge < -0.3 is 5.32 Å². The first-order valence-corrected chi connectivity index (χ1v) is 12.1. The van der Waals surface area contributed by atoms with Crippen LogP contribution in [0.25, 0.3) is 11.4 Å². The normalized spacial score (nSPS) is 13.4. The molecule has 1 saturated carbocycles. The average Bonchev–Trinajstić information content (AvgIpc) is 3.56. The van der Waals surface area contributed by atoms with E-state index in [1.165, 1.54) is 48.5 Å². The van der Waals surface area contributed by atoms with Crippen LogP contribution in [0.3, 0.4) is 0 Å². The molecule has 1 heterocycles. The van der Waals surface area contributed by atoms with E-state index in [-0.39, 0.29) is 10.5 Å². The van der Waals surface area contributed by atoms with Gasteiger partial charge in [0.25, 0.3) is 15.9 Å². The Morgan fingerprint density at radius 2 is 1.71 bits per heavy atom. The van der Waals surface area contributed by atoms with Crippen LogP contribution >= 0.6 is 0 Å². The summed E-state index contributed by atoms with van der Waals surface area (Å²) < 4.78 is 41.3. The molecule has 1 amide bonds. The summed E-state index contributed by atoms with van der Waals surface area (Å²) in [5, 5.41) is 9.83. The summed E-state index contributed by atoms with van der Waals surface area (Å²) >= 11 is 0. The number of benzene rings is 3. The summed E-state index contributed by atoms with van der Waals surface area (Å²) in [6.07, 6.45) is 2.20. The summed E-state index contributed by atoms with van der Waals surface area (Å²) in [5.41, 5.74) is 1.77. The molecule has 3 N–H and O–H groups in total. The quantitative estimate of drug-likeness (QED) is 0.361. The van der Waals surface area contributed by atoms with Gasteiger partial charge in [-0.1, -0.05) is 12.1 Å². The molecule has 8 nitrogen and oxygen atoms in total. The number of anilines is 2. The minimum absolute atomic E-state index is 0.0339. The number of hydrogen-bond donors (Lipinski definition) is 3. The van der Waals surface area contributed by atoms with Gasteiger partial charge in [-0.05, 0) is 73.5 Å². The molecule has 1 aliphatic carbocycles. The van der Waals surface area contributed by atoms with Crippen LogP contribution in [0.1, 0.15) is 34.9 Å². The first kappa shape index (κ1) is 21.8. The Balaban J connectivity index is 1.28. The van der Waals surface area contributed by atoms with Gasteiger partial charge in [-0.3, -0.25) is 14.6 Å². The van der Waals surface area contributed by atoms with Crippen LogP contribution in [0.4, 0.5) is 15.8 Å². The fourth-order valence-corrected chi connectivity index (χ4v) is 4.45. The minimum Gasteiger partial charge on any atom is -0.322 e. The molecule has 1 aliphatic rings. The zero-order valence-electron chi connectivity index (χ0n) is 17.8. The summed E-state index contributed by atoms with van der Waals surface area (Å²) in [6.45, 7) is 0. The number of aromatic nitrogens is 3. The molecule has 0 spiro atoms. The third-order valence-corrected chi connectivity index (χ3v) is 6.77. The summed E-state index contributed by atoms with van der Waals surface area (Å²) in [5.74, 6) is 0.943. The Hall–Kier alpha value is -4.05. The Labute approximate surface area is 195 Å². The maximum atomic E-state index is 13.0. The van der Waals surface area contributed by atoms with E-state index in [4.69, 9.17) is 0 Å². The molecule has 0 radical (unpaired) electrons. The highest BCUT2D eigenvalue weighted by Crippen LogP contribution is 2.38. The van der Waals surface area contributed by atoms with Crippen molar-refractivity contribution in [3.8, 4) is 11.4 Å². The predicted molar refractivity (Wildman–Crippen MR) is 125 cm³/mol. The number of sulfonamides is 1. The highest BCUT2D eigenvalue weighted by Gasteiger charge is 2.27. The second-order valence-corrected chi connectivity index (χ2v) is 9.67. The molecule has 34 heavy (non-hydrogen) atoms. The van der Waals surface area contributed by atoms with Gasteiger partial charge in [0.05, 0.1) is 4.90 Å². The highest BCUT2D eigenvalue weighted by molar-refractivity contribution is 7.92. The van der Waals surface area contributed by atoms with Gasteiger partial charge in [-0.2, -0.15) is 5.10 Å². The van der Waals surface area contributed by atoms with Gasteiger partial charge in [-0.25, -0.2) is 17.8 Å². The van der Waals surface area contributed by atoms with E-state index in [1.54, 1.807) is 18.2 Å². The second-order valence-electron chi connectivity index (χ2n) is 7.99. The SMILES string of the molecule is O=C(Nc1ccc(S(=O)(=O)Nc2cccc(-c3n[nH]c(C4CC4)n3)c2)cc1)c1ccc(F)cc1. The highest BCUT2D eigenvalue weighted by atomic mass is 32.2. The van der Waals surface area contributed by atoms with E-state index < -0.39 is 21.7 Å². The number of amides is 1. The maximum absolute atomic E-state index is 13.0. The molecule has 1 fully saturated rings. The van der Waals surface area contributed by atoms with Crippen LogP contribution in [-0.4, -0.2) is 29.5 Å². The van der Waals surface area contributed by atoms with Crippen molar-refractivity contribution in [1.82, 2.24) is 15.2 Å². The number of halogens is 1. The zero-order valence-corrected chi connectivity index (χ0v) is 18.6. The monoisotopic (exact) mass is 477 g/mol. The lowest BCUT2D eigenvalue weighted by Crippen LogP contribution is -2.14. The fraction of sp³-hybridized carbons (Fsp3) is 0.125. The fourth-order valence-electron chi connectivity index (χ4n) is 3.40. The van der Waals surface area contributed by atoms with Crippen LogP contribution in [-0.2, 0) is 10.0 Å². The summed E-state index contributed by atoms with van der Waals surface area (Å²) in [7, 11) is -3.87. The molecule has 172 valence electrons. The number of aromatic amines is 1. The molecular weight excluding hydrogens is 457 g/mol. The van der Waals surface area contributed by atoms with E-state index in [2.05, 4.69) is 25.2 Å². The Bertz CT molecular complexity index is 1450. The van der Waals surface area contributed by atoms with Crippen molar-refractivity contribution >= 4 is 27.3 Å². The number of rotatable bonds is 7. The van der Waals surface area contributed by atoms with E-state index >= 15 is 0 Å². The third kappa shape index (κ3) is 4.81. The number of carbonyl (C=O) groups is 1. The van der Waals surface area contributed by atoms with Gasteiger partial charge >= 0.3 is 0 Å². The lowest BCUT2D eigenvalue weighted by atomic mass is 10.2. The number of H-pyrrole nitrogens is 1. The van der Waals surface area contributed by atoms with Gasteiger partial charge in [0.2, 0.25) is 0 Å². The molecule has 3 aromatic carbocycles. The Kier molecular flexibility index (Phi) is 5.58. The topological polar surface area (TPSA) is 117 Å². The molecule has 0 atom stereocenters. The first-order valence-electron chi connectivity index (χ1n) is 10.6. The van der Waals surface area contributed by atoms with Crippen molar-refractivity contribution in [2.24, 2.45) is 0 Å². The molecule has 5 rings (SSSR count). The van der Waals surface area contributed by atoms with E-state index in [0.29, 0.717) is 28.7 Å². The van der Waals surface area contributed by atoms with E-state index in [0.717, 1.165) is 18.7 Å². The van der Waals surface area contributed by atoms with E-state index in [1.807, 2.05) is 6.07 Å². The summed E-state index contributed by atoms with van der Waals surface area (Å²) in [6, 6.07) is 17.7. The molecule has 4 aromatic rings. The van der Waals surface area contributed by atoms with Gasteiger partial charge in [-0.15, -0.1) is 0 Å². The number of hydrogen-bond acceptors (Lipinski definition) is 5. The van der Waals surface area contributed by atoms with Crippen molar-refractivity contribution in [1.29, 1.82) is 0 Å². The number of nitrogens with zero attached hydrogens (tertiary/aromatic N) is 2. The number of carbonyl (C=O) groups excluding carboxylic acids is 1. The Morgan fingerprint density at radius 3 is 2.41 bits per heavy atom. The van der Waals surface area contributed by atoms with Crippen molar-refractivity contribution in [2.45, 2.75) is 23.7 Å². The molecule has 0 unspecified atom stereocenters. The van der Waals surface area contributed by atoms with Crippen LogP contribution in [0.15, 0.2) is 77.7 Å². The van der Waals surface area contributed by atoms with Gasteiger partial charge in [0.15, 0.2) is 5.82 Å². The largest absolute Gasteiger partial charge is 0.322 e. The third-order valence-electron chi connectivity index (χ3n) is 5.37. The van der Waals surface area contributed by atoms with Crippen LogP contribution in [0.2, 0.25) is 0 Å². The minimum atomic E-state index is -3.87. The molecule has 0 bridgehead atoms. The van der Waals surface area contributed by atoms with Crippen LogP contribution in [0, 0.1) is 5.82 Å². The second kappa shape index (κ2) is 8.71. The standard InChI is InChI=1S/C24H20FN5O3S/c25-18-8-6-16(7-9-18)24(31)26-19-10-12-21(13-11-19)34(32,33)30-20-3-1-2-17(14-20)23-27-22(28-29-23)15-4-5-15/h1-3,6-15,30H,4-5H2,(H,26,31)(H,27,28,29). The van der Waals surface area contributed by atoms with Crippen LogP contribution in [0.5, 0.6) is 0 Å². The predicted octanol–water partition coefficient (Wildman–Crippen LogP) is 4.54. The number of nitrogens with one attached hydrogen (secondary N) is 3. The molecule has 0 aliphatic heterocycles. The molecule has 1 aromatic heterocycles. The van der Waals surface area contributed by atoms with Gasteiger partial charge in [0, 0.05) is 28.4 Å². The maximum Gasteiger partial charge on any atom is 0.261 e. The lowest BCUT2D eigenvalue weighted by molar-refractivity contribution is 0.102. The van der Waals surface area contributed by atoms with Crippen molar-refractivity contribution in [3.05, 3.63) is 90.0 Å². The zero-order chi connectivity index (χ0) is 23.7. The van der Waals surface area contributed by atoms with Crippen molar-refractivity contribution < 1.29 is 17.6 Å². The average molecular weight is 478 g/mol. The summed E-state index contributed by atoms with van der Waals surface area (Å²) in [4.78, 5) is 16.8. The molecule has 10 heteroatoms.